The second-order valence-corrected chi connectivity index (χ2v) is 4.87. The maximum Gasteiger partial charge on any atom is 0.271 e. The van der Waals surface area contributed by atoms with Crippen LogP contribution in [0.3, 0.4) is 0 Å². The molecule has 0 radical (unpaired) electrons. The number of hydrogen-bond donors (Lipinski definition) is 2. The number of benzene rings is 2. The molecule has 0 unspecified atom stereocenters. The van der Waals surface area contributed by atoms with Gasteiger partial charge in [0.25, 0.3) is 5.91 Å². The van der Waals surface area contributed by atoms with Gasteiger partial charge in [0.1, 0.15) is 5.82 Å². The monoisotopic (exact) mass is 324 g/mol. The summed E-state index contributed by atoms with van der Waals surface area (Å²) >= 11 is 5.71. The largest absolute Gasteiger partial charge is 0.504 e. The average molecular weight is 325 g/mol. The summed E-state index contributed by atoms with van der Waals surface area (Å²) in [5.74, 6) is -3.21. The van der Waals surface area contributed by atoms with Gasteiger partial charge in [-0.25, -0.2) is 14.2 Å². The van der Waals surface area contributed by atoms with Crippen molar-refractivity contribution in [3.8, 4) is 5.75 Å². The molecule has 114 valence electrons. The molecular formula is C15H11ClF2N2O2. The summed E-state index contributed by atoms with van der Waals surface area (Å²) in [7, 11) is 0. The van der Waals surface area contributed by atoms with Crippen molar-refractivity contribution in [2.75, 3.05) is 0 Å². The van der Waals surface area contributed by atoms with Crippen LogP contribution in [-0.2, 0) is 0 Å². The first-order chi connectivity index (χ1) is 10.4. The highest BCUT2D eigenvalue weighted by Crippen LogP contribution is 2.23. The van der Waals surface area contributed by atoms with E-state index < -0.39 is 23.3 Å². The molecule has 4 nitrogen and oxygen atoms in total. The van der Waals surface area contributed by atoms with E-state index in [1.165, 1.54) is 19.1 Å². The molecule has 2 aromatic rings. The van der Waals surface area contributed by atoms with E-state index in [4.69, 9.17) is 11.6 Å². The zero-order valence-corrected chi connectivity index (χ0v) is 12.2. The smallest absolute Gasteiger partial charge is 0.271 e. The third kappa shape index (κ3) is 3.59. The molecule has 0 aliphatic rings. The Morgan fingerprint density at radius 3 is 2.50 bits per heavy atom. The highest BCUT2D eigenvalue weighted by atomic mass is 35.5. The molecule has 0 spiro atoms. The highest BCUT2D eigenvalue weighted by molar-refractivity contribution is 6.30. The third-order valence-electron chi connectivity index (χ3n) is 2.85. The predicted molar refractivity (Wildman–Crippen MR) is 79.2 cm³/mol. The summed E-state index contributed by atoms with van der Waals surface area (Å²) in [5.41, 5.74) is 2.46. The lowest BCUT2D eigenvalue weighted by Crippen LogP contribution is -2.19. The number of phenolic OH excluding ortho intramolecular Hbond substituents is 1. The molecule has 0 bridgehead atoms. The van der Waals surface area contributed by atoms with Crippen molar-refractivity contribution in [3.05, 3.63) is 64.2 Å². The van der Waals surface area contributed by atoms with Crippen molar-refractivity contribution in [2.24, 2.45) is 5.10 Å². The number of nitrogens with zero attached hydrogens (tertiary/aromatic N) is 1. The summed E-state index contributed by atoms with van der Waals surface area (Å²) < 4.78 is 26.4. The first-order valence-corrected chi connectivity index (χ1v) is 6.55. The highest BCUT2D eigenvalue weighted by Gasteiger charge is 2.13. The van der Waals surface area contributed by atoms with Crippen LogP contribution in [0.5, 0.6) is 5.75 Å². The van der Waals surface area contributed by atoms with Crippen molar-refractivity contribution in [1.82, 2.24) is 5.43 Å². The van der Waals surface area contributed by atoms with Crippen LogP contribution in [0.2, 0.25) is 5.02 Å². The van der Waals surface area contributed by atoms with Crippen LogP contribution in [0.25, 0.3) is 0 Å². The van der Waals surface area contributed by atoms with Crippen LogP contribution in [0.1, 0.15) is 22.8 Å². The van der Waals surface area contributed by atoms with Crippen molar-refractivity contribution in [2.45, 2.75) is 6.92 Å². The number of hydrogen-bond acceptors (Lipinski definition) is 3. The zero-order chi connectivity index (χ0) is 16.3. The first kappa shape index (κ1) is 15.9. The van der Waals surface area contributed by atoms with E-state index in [0.717, 1.165) is 6.07 Å². The molecule has 1 amide bonds. The minimum atomic E-state index is -1.10. The van der Waals surface area contributed by atoms with Crippen molar-refractivity contribution < 1.29 is 18.7 Å². The lowest BCUT2D eigenvalue weighted by molar-refractivity contribution is 0.0955. The maximum absolute atomic E-state index is 13.3. The quantitative estimate of drug-likeness (QED) is 0.670. The summed E-state index contributed by atoms with van der Waals surface area (Å²) in [5, 5.41) is 13.8. The fourth-order valence-electron chi connectivity index (χ4n) is 1.70. The molecule has 22 heavy (non-hydrogen) atoms. The maximum atomic E-state index is 13.3. The second kappa shape index (κ2) is 6.53. The minimum Gasteiger partial charge on any atom is -0.504 e. The minimum absolute atomic E-state index is 0.0539. The molecule has 0 heterocycles. The summed E-state index contributed by atoms with van der Waals surface area (Å²) in [6.45, 7) is 1.40. The zero-order valence-electron chi connectivity index (χ0n) is 11.4. The molecule has 0 aliphatic heterocycles. The first-order valence-electron chi connectivity index (χ1n) is 6.17. The Hall–Kier alpha value is -2.47. The van der Waals surface area contributed by atoms with Gasteiger partial charge in [-0.3, -0.25) is 4.79 Å². The topological polar surface area (TPSA) is 61.7 Å². The molecule has 0 saturated heterocycles. The van der Waals surface area contributed by atoms with Gasteiger partial charge < -0.3 is 5.11 Å². The standard InChI is InChI=1S/C15H11ClF2N2O2/c1-8(12-6-11(17)7-13(18)14(12)21)19-20-15(22)9-2-4-10(16)5-3-9/h2-7,21H,1H3,(H,20,22)/b19-8+. The van der Waals surface area contributed by atoms with Crippen LogP contribution in [0, 0.1) is 11.6 Å². The second-order valence-electron chi connectivity index (χ2n) is 4.43. The number of hydrazone groups is 1. The molecular weight excluding hydrogens is 314 g/mol. The average Bonchev–Trinajstić information content (AvgIpc) is 2.48. The van der Waals surface area contributed by atoms with E-state index in [1.54, 1.807) is 12.1 Å². The molecule has 2 rings (SSSR count). The Bertz CT molecular complexity index is 746. The van der Waals surface area contributed by atoms with Crippen LogP contribution < -0.4 is 5.43 Å². The molecule has 0 aliphatic carbocycles. The molecule has 0 saturated carbocycles. The molecule has 7 heteroatoms. The van der Waals surface area contributed by atoms with E-state index in [1.807, 2.05) is 0 Å². The molecule has 0 atom stereocenters. The van der Waals surface area contributed by atoms with Gasteiger partial charge in [-0.15, -0.1) is 0 Å². The number of nitrogens with one attached hydrogen (secondary N) is 1. The number of phenols is 1. The predicted octanol–water partition coefficient (Wildman–Crippen LogP) is 3.48. The number of carbonyl (C=O) groups is 1. The van der Waals surface area contributed by atoms with Gasteiger partial charge in [-0.05, 0) is 37.3 Å². The van der Waals surface area contributed by atoms with Gasteiger partial charge in [-0.1, -0.05) is 11.6 Å². The third-order valence-corrected chi connectivity index (χ3v) is 3.10. The number of halogens is 3. The Kier molecular flexibility index (Phi) is 4.72. The molecule has 2 N–H and O–H groups in total. The lowest BCUT2D eigenvalue weighted by atomic mass is 10.1. The van der Waals surface area contributed by atoms with Gasteiger partial charge in [0, 0.05) is 22.2 Å². The van der Waals surface area contributed by atoms with Gasteiger partial charge in [0.15, 0.2) is 11.6 Å². The Balaban J connectivity index is 2.19. The normalized spacial score (nSPS) is 11.4. The van der Waals surface area contributed by atoms with Gasteiger partial charge in [-0.2, -0.15) is 5.10 Å². The van der Waals surface area contributed by atoms with E-state index in [2.05, 4.69) is 10.5 Å². The van der Waals surface area contributed by atoms with Crippen LogP contribution in [0.15, 0.2) is 41.5 Å². The fourth-order valence-corrected chi connectivity index (χ4v) is 1.83. The van der Waals surface area contributed by atoms with Gasteiger partial charge in [0.05, 0.1) is 5.71 Å². The van der Waals surface area contributed by atoms with E-state index in [9.17, 15) is 18.7 Å². The van der Waals surface area contributed by atoms with Crippen molar-refractivity contribution >= 4 is 23.2 Å². The van der Waals surface area contributed by atoms with Crippen molar-refractivity contribution in [3.63, 3.8) is 0 Å². The number of amides is 1. The summed E-state index contributed by atoms with van der Waals surface area (Å²) in [4.78, 5) is 11.8. The fraction of sp³-hybridized carbons (Fsp3) is 0.0667. The Morgan fingerprint density at radius 1 is 1.23 bits per heavy atom. The van der Waals surface area contributed by atoms with Gasteiger partial charge >= 0.3 is 0 Å². The summed E-state index contributed by atoms with van der Waals surface area (Å²) in [6, 6.07) is 7.56. The Labute approximate surface area is 130 Å². The van der Waals surface area contributed by atoms with Crippen molar-refractivity contribution in [1.29, 1.82) is 0 Å². The lowest BCUT2D eigenvalue weighted by Gasteiger charge is -2.06. The van der Waals surface area contributed by atoms with E-state index in [-0.39, 0.29) is 11.3 Å². The van der Waals surface area contributed by atoms with Crippen LogP contribution in [0.4, 0.5) is 8.78 Å². The van der Waals surface area contributed by atoms with Crippen LogP contribution in [-0.4, -0.2) is 16.7 Å². The van der Waals surface area contributed by atoms with E-state index >= 15 is 0 Å². The van der Waals surface area contributed by atoms with Crippen LogP contribution >= 0.6 is 11.6 Å². The number of aromatic hydroxyl groups is 1. The molecule has 0 aromatic heterocycles. The molecule has 2 aromatic carbocycles. The summed E-state index contributed by atoms with van der Waals surface area (Å²) in [6.07, 6.45) is 0. The molecule has 0 fully saturated rings. The van der Waals surface area contributed by atoms with E-state index in [0.29, 0.717) is 16.7 Å². The number of rotatable bonds is 3. The SMILES string of the molecule is C/C(=N\NC(=O)c1ccc(Cl)cc1)c1cc(F)cc(F)c1O. The Morgan fingerprint density at radius 2 is 1.86 bits per heavy atom. The van der Waals surface area contributed by atoms with Gasteiger partial charge in [0.2, 0.25) is 0 Å². The number of carbonyl (C=O) groups excluding carboxylic acids is 1.